The number of phenols is 1. The molecule has 3 rings (SSSR count). The standard InChI is InChI=1S/C27H30O12/c1-36-20-11-14(5-9-18(20)30)3-7-16(28)13-17(29)8-4-15-6-10-19(21(12-15)37-2)38-27-24(33)22(31)23(32)25(39-27)26(34)35/h4-6,8-12,22-25,27,30-33H,3,7,13H2,1-2H3,(H,34,35)/b8-4-/t22-,23+,24-,25-,27+/m1/s1. The Labute approximate surface area is 223 Å². The molecular weight excluding hydrogens is 516 g/mol. The third-order valence-corrected chi connectivity index (χ3v) is 6.01. The number of ketones is 2. The number of aliphatic hydroxyl groups is 3. The van der Waals surface area contributed by atoms with Gasteiger partial charge < -0.3 is 44.5 Å². The van der Waals surface area contributed by atoms with Gasteiger partial charge in [0.2, 0.25) is 6.29 Å². The molecule has 0 amide bonds. The van der Waals surface area contributed by atoms with Gasteiger partial charge in [-0.25, -0.2) is 4.79 Å². The molecule has 0 aliphatic carbocycles. The lowest BCUT2D eigenvalue weighted by Crippen LogP contribution is -2.61. The number of aryl methyl sites for hydroxylation is 1. The monoisotopic (exact) mass is 546 g/mol. The number of carboxylic acid groups (broad SMARTS) is 1. The van der Waals surface area contributed by atoms with Gasteiger partial charge in [-0.1, -0.05) is 18.2 Å². The lowest BCUT2D eigenvalue weighted by atomic mass is 9.99. The van der Waals surface area contributed by atoms with E-state index in [2.05, 4.69) is 0 Å². The van der Waals surface area contributed by atoms with E-state index in [4.69, 9.17) is 18.9 Å². The van der Waals surface area contributed by atoms with Crippen LogP contribution in [0.5, 0.6) is 23.0 Å². The van der Waals surface area contributed by atoms with Gasteiger partial charge in [-0.05, 0) is 47.9 Å². The molecule has 1 heterocycles. The summed E-state index contributed by atoms with van der Waals surface area (Å²) in [7, 11) is 2.76. The predicted molar refractivity (Wildman–Crippen MR) is 135 cm³/mol. The Hall–Kier alpha value is -3.97. The largest absolute Gasteiger partial charge is 0.504 e. The molecule has 1 fully saturated rings. The molecule has 12 heteroatoms. The van der Waals surface area contributed by atoms with Crippen molar-refractivity contribution in [2.45, 2.75) is 50.0 Å². The van der Waals surface area contributed by atoms with Crippen LogP contribution in [0.1, 0.15) is 24.0 Å². The van der Waals surface area contributed by atoms with E-state index in [0.717, 1.165) is 5.56 Å². The van der Waals surface area contributed by atoms with Crippen molar-refractivity contribution in [3.05, 3.63) is 53.6 Å². The number of carboxylic acids is 1. The second kappa shape index (κ2) is 13.2. The van der Waals surface area contributed by atoms with Crippen molar-refractivity contribution in [1.82, 2.24) is 0 Å². The number of hydrogen-bond acceptors (Lipinski definition) is 11. The molecule has 0 unspecified atom stereocenters. The summed E-state index contributed by atoms with van der Waals surface area (Å²) < 4.78 is 20.9. The van der Waals surface area contributed by atoms with Crippen LogP contribution in [-0.4, -0.2) is 88.0 Å². The summed E-state index contributed by atoms with van der Waals surface area (Å²) >= 11 is 0. The van der Waals surface area contributed by atoms with Crippen molar-refractivity contribution >= 4 is 23.6 Å². The summed E-state index contributed by atoms with van der Waals surface area (Å²) in [5.74, 6) is -1.72. The summed E-state index contributed by atoms with van der Waals surface area (Å²) in [6.07, 6.45) is -5.91. The lowest BCUT2D eigenvalue weighted by molar-refractivity contribution is -0.271. The zero-order valence-corrected chi connectivity index (χ0v) is 21.2. The Balaban J connectivity index is 1.59. The van der Waals surface area contributed by atoms with Crippen LogP contribution in [0.15, 0.2) is 42.5 Å². The van der Waals surface area contributed by atoms with Gasteiger partial charge in [-0.15, -0.1) is 0 Å². The van der Waals surface area contributed by atoms with E-state index in [1.807, 2.05) is 0 Å². The SMILES string of the molecule is COc1cc(CCC(=O)CC(=O)/C=C\c2ccc(O[C@H]3O[C@@H](C(=O)O)[C@@H](O)[C@@H](O)[C@H]3O)c(OC)c2)ccc1O. The number of aliphatic carboxylic acids is 1. The predicted octanol–water partition coefficient (Wildman–Crippen LogP) is 0.855. The fraction of sp³-hybridized carbons (Fsp3) is 0.370. The number of hydrogen-bond donors (Lipinski definition) is 5. The number of phenolic OH excluding ortho intramolecular Hbond substituents is 1. The summed E-state index contributed by atoms with van der Waals surface area (Å²) in [5, 5.41) is 48.7. The average molecular weight is 547 g/mol. The first-order chi connectivity index (χ1) is 18.5. The molecule has 0 saturated carbocycles. The van der Waals surface area contributed by atoms with Crippen LogP contribution >= 0.6 is 0 Å². The van der Waals surface area contributed by atoms with Crippen molar-refractivity contribution in [2.24, 2.45) is 0 Å². The fourth-order valence-corrected chi connectivity index (χ4v) is 3.85. The number of methoxy groups -OCH3 is 2. The minimum absolute atomic E-state index is 0.00510. The topological polar surface area (TPSA) is 189 Å². The van der Waals surface area contributed by atoms with Crippen molar-refractivity contribution < 1.29 is 58.9 Å². The first kappa shape index (κ1) is 29.6. The Bertz CT molecular complexity index is 1220. The number of aromatic hydroxyl groups is 1. The van der Waals surface area contributed by atoms with Gasteiger partial charge in [0, 0.05) is 6.42 Å². The summed E-state index contributed by atoms with van der Waals surface area (Å²) in [6, 6.07) is 9.23. The number of carbonyl (C=O) groups excluding carboxylic acids is 2. The maximum Gasteiger partial charge on any atom is 0.335 e. The minimum atomic E-state index is -1.85. The van der Waals surface area contributed by atoms with Crippen molar-refractivity contribution in [3.63, 3.8) is 0 Å². The van der Waals surface area contributed by atoms with Gasteiger partial charge in [0.1, 0.15) is 24.1 Å². The average Bonchev–Trinajstić information content (AvgIpc) is 2.91. The maximum absolute atomic E-state index is 12.3. The van der Waals surface area contributed by atoms with E-state index in [0.29, 0.717) is 17.7 Å². The summed E-state index contributed by atoms with van der Waals surface area (Å²) in [5.41, 5.74) is 1.30. The molecule has 0 aromatic heterocycles. The Morgan fingerprint density at radius 2 is 1.64 bits per heavy atom. The molecule has 1 aliphatic rings. The van der Waals surface area contributed by atoms with Crippen LogP contribution in [0.2, 0.25) is 0 Å². The highest BCUT2D eigenvalue weighted by Crippen LogP contribution is 2.32. The lowest BCUT2D eigenvalue weighted by Gasteiger charge is -2.38. The number of aliphatic hydroxyl groups excluding tert-OH is 3. The van der Waals surface area contributed by atoms with Crippen LogP contribution in [-0.2, 0) is 25.5 Å². The van der Waals surface area contributed by atoms with Crippen molar-refractivity contribution in [1.29, 1.82) is 0 Å². The van der Waals surface area contributed by atoms with Gasteiger partial charge in [0.15, 0.2) is 34.9 Å². The third kappa shape index (κ3) is 7.54. The zero-order chi connectivity index (χ0) is 28.7. The number of allylic oxidation sites excluding steroid dienone is 1. The molecule has 0 spiro atoms. The van der Waals surface area contributed by atoms with E-state index in [9.17, 15) is 39.9 Å². The molecule has 5 N–H and O–H groups in total. The first-order valence-electron chi connectivity index (χ1n) is 11.9. The van der Waals surface area contributed by atoms with Crippen LogP contribution in [0.4, 0.5) is 0 Å². The number of rotatable bonds is 12. The van der Waals surface area contributed by atoms with E-state index >= 15 is 0 Å². The molecule has 1 aliphatic heterocycles. The first-order valence-corrected chi connectivity index (χ1v) is 11.9. The highest BCUT2D eigenvalue weighted by molar-refractivity contribution is 6.06. The van der Waals surface area contributed by atoms with Crippen molar-refractivity contribution in [2.75, 3.05) is 14.2 Å². The van der Waals surface area contributed by atoms with Crippen LogP contribution in [0.3, 0.4) is 0 Å². The van der Waals surface area contributed by atoms with Gasteiger partial charge in [0.25, 0.3) is 0 Å². The van der Waals surface area contributed by atoms with Crippen LogP contribution in [0.25, 0.3) is 6.08 Å². The molecule has 2 aromatic carbocycles. The van der Waals surface area contributed by atoms with Gasteiger partial charge in [-0.3, -0.25) is 9.59 Å². The summed E-state index contributed by atoms with van der Waals surface area (Å²) in [4.78, 5) is 35.8. The molecule has 39 heavy (non-hydrogen) atoms. The van der Waals surface area contributed by atoms with Crippen LogP contribution < -0.4 is 14.2 Å². The number of benzene rings is 2. The molecule has 1 saturated heterocycles. The molecule has 0 bridgehead atoms. The Morgan fingerprint density at radius 3 is 2.31 bits per heavy atom. The highest BCUT2D eigenvalue weighted by Gasteiger charge is 2.48. The fourth-order valence-electron chi connectivity index (χ4n) is 3.85. The summed E-state index contributed by atoms with van der Waals surface area (Å²) in [6.45, 7) is 0. The Morgan fingerprint density at radius 1 is 0.923 bits per heavy atom. The van der Waals surface area contributed by atoms with Gasteiger partial charge in [-0.2, -0.15) is 0 Å². The third-order valence-electron chi connectivity index (χ3n) is 6.01. The molecule has 5 atom stereocenters. The second-order valence-electron chi connectivity index (χ2n) is 8.78. The van der Waals surface area contributed by atoms with E-state index < -0.39 is 42.5 Å². The molecule has 2 aromatic rings. The normalized spacial score (nSPS) is 22.8. The highest BCUT2D eigenvalue weighted by atomic mass is 16.7. The van der Waals surface area contributed by atoms with Crippen molar-refractivity contribution in [3.8, 4) is 23.0 Å². The van der Waals surface area contributed by atoms with Crippen LogP contribution in [0, 0.1) is 0 Å². The molecular formula is C27H30O12. The maximum atomic E-state index is 12.3. The quantitative estimate of drug-likeness (QED) is 0.187. The zero-order valence-electron chi connectivity index (χ0n) is 21.2. The van der Waals surface area contributed by atoms with E-state index in [1.165, 1.54) is 50.6 Å². The minimum Gasteiger partial charge on any atom is -0.504 e. The van der Waals surface area contributed by atoms with E-state index in [-0.39, 0.29) is 35.9 Å². The number of ether oxygens (including phenoxy) is 4. The second-order valence-corrected chi connectivity index (χ2v) is 8.78. The van der Waals surface area contributed by atoms with Gasteiger partial charge in [0.05, 0.1) is 20.6 Å². The van der Waals surface area contributed by atoms with Gasteiger partial charge >= 0.3 is 5.97 Å². The Kier molecular flexibility index (Phi) is 10.0. The van der Waals surface area contributed by atoms with E-state index in [1.54, 1.807) is 12.1 Å². The number of carbonyl (C=O) groups is 3. The smallest absolute Gasteiger partial charge is 0.335 e. The molecule has 210 valence electrons. The molecule has 12 nitrogen and oxygen atoms in total. The number of Topliss-reactive ketones (excluding diaryl/α,β-unsaturated/α-hetero) is 1. The molecule has 0 radical (unpaired) electrons.